The standard InChI is InChI=1S/C17H24N2O2/c1-3-19-8-7-18(11-13(19)2)12-16(20)14-4-5-17-15(10-14)6-9-21-17/h4-5,10,13H,3,6-9,11-12H2,1-2H3. The maximum atomic E-state index is 12.5. The maximum absolute atomic E-state index is 12.5. The van der Waals surface area contributed by atoms with E-state index in [1.165, 1.54) is 5.56 Å². The van der Waals surface area contributed by atoms with Crippen molar-refractivity contribution in [2.75, 3.05) is 39.3 Å². The Labute approximate surface area is 126 Å². The minimum absolute atomic E-state index is 0.224. The lowest BCUT2D eigenvalue weighted by Crippen LogP contribution is -2.52. The summed E-state index contributed by atoms with van der Waals surface area (Å²) in [5.41, 5.74) is 2.00. The first-order valence-corrected chi connectivity index (χ1v) is 7.92. The van der Waals surface area contributed by atoms with Gasteiger partial charge in [0.15, 0.2) is 5.78 Å². The number of rotatable bonds is 4. The Balaban J connectivity index is 1.62. The van der Waals surface area contributed by atoms with E-state index in [1.807, 2.05) is 18.2 Å². The van der Waals surface area contributed by atoms with Gasteiger partial charge in [0, 0.05) is 37.7 Å². The molecule has 0 N–H and O–H groups in total. The number of ether oxygens (including phenoxy) is 1. The molecule has 0 spiro atoms. The fourth-order valence-electron chi connectivity index (χ4n) is 3.34. The van der Waals surface area contributed by atoms with Crippen molar-refractivity contribution < 1.29 is 9.53 Å². The third kappa shape index (κ3) is 3.11. The number of nitrogens with zero attached hydrogens (tertiary/aromatic N) is 2. The minimum atomic E-state index is 0.224. The van der Waals surface area contributed by atoms with Gasteiger partial charge in [-0.3, -0.25) is 14.6 Å². The zero-order valence-electron chi connectivity index (χ0n) is 13.0. The van der Waals surface area contributed by atoms with E-state index in [0.717, 1.165) is 50.5 Å². The maximum Gasteiger partial charge on any atom is 0.176 e. The molecule has 1 aromatic carbocycles. The third-order valence-corrected chi connectivity index (χ3v) is 4.63. The van der Waals surface area contributed by atoms with Crippen LogP contribution in [0.1, 0.15) is 29.8 Å². The van der Waals surface area contributed by atoms with Gasteiger partial charge in [-0.05, 0) is 37.2 Å². The van der Waals surface area contributed by atoms with Crippen LogP contribution < -0.4 is 4.74 Å². The molecule has 1 atom stereocenters. The first-order valence-electron chi connectivity index (χ1n) is 7.92. The van der Waals surface area contributed by atoms with Gasteiger partial charge >= 0.3 is 0 Å². The predicted octanol–water partition coefficient (Wildman–Crippen LogP) is 1.83. The van der Waals surface area contributed by atoms with Gasteiger partial charge in [0.25, 0.3) is 0 Å². The molecule has 0 aromatic heterocycles. The van der Waals surface area contributed by atoms with Gasteiger partial charge in [-0.1, -0.05) is 6.92 Å². The summed E-state index contributed by atoms with van der Waals surface area (Å²) >= 11 is 0. The second-order valence-electron chi connectivity index (χ2n) is 6.06. The van der Waals surface area contributed by atoms with Gasteiger partial charge in [0.05, 0.1) is 13.2 Å². The second-order valence-corrected chi connectivity index (χ2v) is 6.06. The Morgan fingerprint density at radius 1 is 1.38 bits per heavy atom. The number of benzene rings is 1. The summed E-state index contributed by atoms with van der Waals surface area (Å²) < 4.78 is 5.49. The second kappa shape index (κ2) is 6.16. The average Bonchev–Trinajstić information content (AvgIpc) is 2.94. The lowest BCUT2D eigenvalue weighted by molar-refractivity contribution is 0.0723. The molecule has 2 heterocycles. The molecule has 2 aliphatic heterocycles. The largest absolute Gasteiger partial charge is 0.493 e. The van der Waals surface area contributed by atoms with Crippen LogP contribution in [-0.4, -0.2) is 61.0 Å². The number of fused-ring (bicyclic) bond motifs is 1. The summed E-state index contributed by atoms with van der Waals surface area (Å²) in [7, 11) is 0. The summed E-state index contributed by atoms with van der Waals surface area (Å²) in [4.78, 5) is 17.2. The van der Waals surface area contributed by atoms with E-state index in [-0.39, 0.29) is 5.78 Å². The average molecular weight is 288 g/mol. The highest BCUT2D eigenvalue weighted by molar-refractivity contribution is 5.98. The molecule has 2 aliphatic rings. The molecule has 1 aromatic rings. The van der Waals surface area contributed by atoms with E-state index < -0.39 is 0 Å². The molecule has 114 valence electrons. The van der Waals surface area contributed by atoms with Crippen LogP contribution in [0.3, 0.4) is 0 Å². The van der Waals surface area contributed by atoms with Crippen LogP contribution in [0.5, 0.6) is 5.75 Å². The van der Waals surface area contributed by atoms with Crippen LogP contribution in [0.15, 0.2) is 18.2 Å². The van der Waals surface area contributed by atoms with Crippen LogP contribution in [0.4, 0.5) is 0 Å². The fraction of sp³-hybridized carbons (Fsp3) is 0.588. The lowest BCUT2D eigenvalue weighted by atomic mass is 10.0. The van der Waals surface area contributed by atoms with Crippen molar-refractivity contribution in [3.05, 3.63) is 29.3 Å². The van der Waals surface area contributed by atoms with Crippen molar-refractivity contribution in [2.24, 2.45) is 0 Å². The van der Waals surface area contributed by atoms with E-state index in [1.54, 1.807) is 0 Å². The van der Waals surface area contributed by atoms with E-state index in [9.17, 15) is 4.79 Å². The highest BCUT2D eigenvalue weighted by Gasteiger charge is 2.24. The van der Waals surface area contributed by atoms with Crippen molar-refractivity contribution >= 4 is 5.78 Å². The number of carbonyl (C=O) groups is 1. The lowest BCUT2D eigenvalue weighted by Gasteiger charge is -2.39. The zero-order valence-corrected chi connectivity index (χ0v) is 13.0. The Hall–Kier alpha value is -1.39. The van der Waals surface area contributed by atoms with Gasteiger partial charge in [-0.15, -0.1) is 0 Å². The molecule has 21 heavy (non-hydrogen) atoms. The first-order chi connectivity index (χ1) is 10.2. The Morgan fingerprint density at radius 2 is 2.24 bits per heavy atom. The summed E-state index contributed by atoms with van der Waals surface area (Å²) in [5, 5.41) is 0. The molecule has 1 unspecified atom stereocenters. The predicted molar refractivity (Wildman–Crippen MR) is 83.1 cm³/mol. The molecule has 0 amide bonds. The molecule has 0 aliphatic carbocycles. The summed E-state index contributed by atoms with van der Waals surface area (Å²) in [6, 6.07) is 6.38. The summed E-state index contributed by atoms with van der Waals surface area (Å²) in [6.07, 6.45) is 0.919. The number of likely N-dealkylation sites (N-methyl/N-ethyl adjacent to an activating group) is 1. The number of piperazine rings is 1. The number of Topliss-reactive ketones (excluding diaryl/α,β-unsaturated/α-hetero) is 1. The molecule has 0 radical (unpaired) electrons. The van der Waals surface area contributed by atoms with E-state index in [2.05, 4.69) is 23.6 Å². The Kier molecular flexibility index (Phi) is 4.27. The molecule has 4 heteroatoms. The quantitative estimate of drug-likeness (QED) is 0.791. The summed E-state index contributed by atoms with van der Waals surface area (Å²) in [6.45, 7) is 9.82. The molecule has 0 bridgehead atoms. The van der Waals surface area contributed by atoms with Gasteiger partial charge in [-0.2, -0.15) is 0 Å². The highest BCUT2D eigenvalue weighted by atomic mass is 16.5. The van der Waals surface area contributed by atoms with E-state index >= 15 is 0 Å². The topological polar surface area (TPSA) is 32.8 Å². The number of ketones is 1. The Bertz CT molecular complexity index is 530. The van der Waals surface area contributed by atoms with Crippen molar-refractivity contribution in [1.29, 1.82) is 0 Å². The first kappa shape index (κ1) is 14.5. The normalized spacial score (nSPS) is 22.9. The van der Waals surface area contributed by atoms with Crippen molar-refractivity contribution in [3.63, 3.8) is 0 Å². The summed E-state index contributed by atoms with van der Waals surface area (Å²) in [5.74, 6) is 1.17. The number of hydrogen-bond acceptors (Lipinski definition) is 4. The molecule has 1 fully saturated rings. The number of hydrogen-bond donors (Lipinski definition) is 0. The van der Waals surface area contributed by atoms with Crippen LogP contribution in [0, 0.1) is 0 Å². The minimum Gasteiger partial charge on any atom is -0.493 e. The van der Waals surface area contributed by atoms with E-state index in [4.69, 9.17) is 4.74 Å². The monoisotopic (exact) mass is 288 g/mol. The molecule has 4 nitrogen and oxygen atoms in total. The van der Waals surface area contributed by atoms with Gasteiger partial charge < -0.3 is 4.74 Å². The molecular weight excluding hydrogens is 264 g/mol. The van der Waals surface area contributed by atoms with Crippen molar-refractivity contribution in [2.45, 2.75) is 26.3 Å². The van der Waals surface area contributed by atoms with Gasteiger partial charge in [0.2, 0.25) is 0 Å². The molecule has 0 saturated carbocycles. The van der Waals surface area contributed by atoms with Crippen molar-refractivity contribution in [1.82, 2.24) is 9.80 Å². The third-order valence-electron chi connectivity index (χ3n) is 4.63. The van der Waals surface area contributed by atoms with Gasteiger partial charge in [0.1, 0.15) is 5.75 Å². The van der Waals surface area contributed by atoms with Crippen molar-refractivity contribution in [3.8, 4) is 5.75 Å². The molecule has 1 saturated heterocycles. The van der Waals surface area contributed by atoms with Gasteiger partial charge in [-0.25, -0.2) is 0 Å². The van der Waals surface area contributed by atoms with Crippen LogP contribution in [-0.2, 0) is 6.42 Å². The van der Waals surface area contributed by atoms with Crippen LogP contribution in [0.2, 0.25) is 0 Å². The smallest absolute Gasteiger partial charge is 0.176 e. The number of carbonyl (C=O) groups excluding carboxylic acids is 1. The fourth-order valence-corrected chi connectivity index (χ4v) is 3.34. The van der Waals surface area contributed by atoms with Crippen LogP contribution >= 0.6 is 0 Å². The van der Waals surface area contributed by atoms with Crippen LogP contribution in [0.25, 0.3) is 0 Å². The Morgan fingerprint density at radius 3 is 3.00 bits per heavy atom. The highest BCUT2D eigenvalue weighted by Crippen LogP contribution is 2.26. The van der Waals surface area contributed by atoms with E-state index in [0.29, 0.717) is 12.6 Å². The zero-order chi connectivity index (χ0) is 14.8. The molecule has 3 rings (SSSR count). The molecular formula is C17H24N2O2. The SMILES string of the molecule is CCN1CCN(CC(=O)c2ccc3c(c2)CCO3)CC1C.